The van der Waals surface area contributed by atoms with Crippen molar-refractivity contribution in [1.29, 1.82) is 0 Å². The highest BCUT2D eigenvalue weighted by Gasteiger charge is 2.18. The van der Waals surface area contributed by atoms with Gasteiger partial charge in [0.2, 0.25) is 0 Å². The Morgan fingerprint density at radius 3 is 3.13 bits per heavy atom. The highest BCUT2D eigenvalue weighted by molar-refractivity contribution is 7.99. The van der Waals surface area contributed by atoms with Gasteiger partial charge in [-0.2, -0.15) is 0 Å². The van der Waals surface area contributed by atoms with Crippen LogP contribution >= 0.6 is 11.8 Å². The second-order valence-corrected chi connectivity index (χ2v) is 5.17. The van der Waals surface area contributed by atoms with Crippen LogP contribution in [0.4, 0.5) is 0 Å². The minimum atomic E-state index is 0.592. The third-order valence-electron chi connectivity index (χ3n) is 2.88. The van der Waals surface area contributed by atoms with E-state index in [9.17, 15) is 0 Å². The lowest BCUT2D eigenvalue weighted by atomic mass is 10.0. The van der Waals surface area contributed by atoms with Gasteiger partial charge >= 0.3 is 0 Å². The number of thioether (sulfide) groups is 1. The summed E-state index contributed by atoms with van der Waals surface area (Å²) in [4.78, 5) is 1.47. The molecule has 1 N–H and O–H groups in total. The molecule has 0 fully saturated rings. The fourth-order valence-electron chi connectivity index (χ4n) is 2.01. The standard InChI is InChI=1S/C13H19NS/c1-2-3-9-14-12-8-10-15-13-7-5-4-6-11(12)13/h4-7,12,14H,2-3,8-10H2,1H3. The zero-order chi connectivity index (χ0) is 10.5. The SMILES string of the molecule is CCCCNC1CCSc2ccccc21. The lowest BCUT2D eigenvalue weighted by Crippen LogP contribution is -2.25. The van der Waals surface area contributed by atoms with Crippen LogP contribution in [0.25, 0.3) is 0 Å². The molecule has 1 aromatic carbocycles. The van der Waals surface area contributed by atoms with E-state index in [1.807, 2.05) is 11.8 Å². The van der Waals surface area contributed by atoms with Gasteiger partial charge < -0.3 is 5.32 Å². The first-order valence-corrected chi connectivity index (χ1v) is 6.85. The summed E-state index contributed by atoms with van der Waals surface area (Å²) in [5.74, 6) is 1.25. The molecule has 2 rings (SSSR count). The predicted octanol–water partition coefficient (Wildman–Crippen LogP) is 3.61. The average molecular weight is 221 g/mol. The molecule has 1 aliphatic rings. The summed E-state index contributed by atoms with van der Waals surface area (Å²) in [6.07, 6.45) is 3.83. The summed E-state index contributed by atoms with van der Waals surface area (Å²) in [5.41, 5.74) is 1.50. The van der Waals surface area contributed by atoms with Crippen LogP contribution < -0.4 is 5.32 Å². The van der Waals surface area contributed by atoms with E-state index in [1.165, 1.54) is 35.5 Å². The number of nitrogens with one attached hydrogen (secondary N) is 1. The molecule has 0 spiro atoms. The van der Waals surface area contributed by atoms with Crippen LogP contribution in [0.1, 0.15) is 37.8 Å². The van der Waals surface area contributed by atoms with Crippen molar-refractivity contribution in [2.75, 3.05) is 12.3 Å². The molecule has 0 aliphatic carbocycles. The monoisotopic (exact) mass is 221 g/mol. The van der Waals surface area contributed by atoms with E-state index in [-0.39, 0.29) is 0 Å². The minimum absolute atomic E-state index is 0.592. The van der Waals surface area contributed by atoms with Crippen molar-refractivity contribution in [3.63, 3.8) is 0 Å². The van der Waals surface area contributed by atoms with Crippen molar-refractivity contribution in [3.05, 3.63) is 29.8 Å². The maximum absolute atomic E-state index is 3.67. The zero-order valence-corrected chi connectivity index (χ0v) is 10.1. The van der Waals surface area contributed by atoms with Crippen molar-refractivity contribution in [3.8, 4) is 0 Å². The van der Waals surface area contributed by atoms with Crippen LogP contribution in [0, 0.1) is 0 Å². The molecular weight excluding hydrogens is 202 g/mol. The maximum Gasteiger partial charge on any atom is 0.0339 e. The summed E-state index contributed by atoms with van der Waals surface area (Å²) in [5, 5.41) is 3.67. The summed E-state index contributed by atoms with van der Waals surface area (Å²) in [6.45, 7) is 3.40. The minimum Gasteiger partial charge on any atom is -0.310 e. The third-order valence-corrected chi connectivity index (χ3v) is 4.00. The van der Waals surface area contributed by atoms with E-state index in [0.717, 1.165) is 6.54 Å². The van der Waals surface area contributed by atoms with E-state index in [4.69, 9.17) is 0 Å². The molecule has 0 bridgehead atoms. The fourth-order valence-corrected chi connectivity index (χ4v) is 3.13. The number of hydrogen-bond acceptors (Lipinski definition) is 2. The molecule has 0 saturated heterocycles. The van der Waals surface area contributed by atoms with Gasteiger partial charge in [0.25, 0.3) is 0 Å². The highest BCUT2D eigenvalue weighted by atomic mass is 32.2. The topological polar surface area (TPSA) is 12.0 Å². The Bertz CT molecular complexity index is 311. The Morgan fingerprint density at radius 1 is 1.40 bits per heavy atom. The fraction of sp³-hybridized carbons (Fsp3) is 0.538. The number of fused-ring (bicyclic) bond motifs is 1. The van der Waals surface area contributed by atoms with E-state index in [2.05, 4.69) is 36.5 Å². The van der Waals surface area contributed by atoms with Gasteiger partial charge in [-0.25, -0.2) is 0 Å². The van der Waals surface area contributed by atoms with Crippen LogP contribution in [0.15, 0.2) is 29.2 Å². The predicted molar refractivity (Wildman–Crippen MR) is 67.4 cm³/mol. The Morgan fingerprint density at radius 2 is 2.27 bits per heavy atom. The van der Waals surface area contributed by atoms with E-state index in [1.54, 1.807) is 0 Å². The van der Waals surface area contributed by atoms with Gasteiger partial charge in [0, 0.05) is 10.9 Å². The maximum atomic E-state index is 3.67. The summed E-state index contributed by atoms with van der Waals surface area (Å²) in [6, 6.07) is 9.40. The zero-order valence-electron chi connectivity index (χ0n) is 9.33. The van der Waals surface area contributed by atoms with Crippen LogP contribution in [-0.2, 0) is 0 Å². The van der Waals surface area contributed by atoms with Crippen molar-refractivity contribution in [2.45, 2.75) is 37.1 Å². The number of rotatable bonds is 4. The first kappa shape index (κ1) is 11.0. The molecule has 1 unspecified atom stereocenters. The van der Waals surface area contributed by atoms with Crippen molar-refractivity contribution in [2.24, 2.45) is 0 Å². The van der Waals surface area contributed by atoms with E-state index < -0.39 is 0 Å². The van der Waals surface area contributed by atoms with Crippen molar-refractivity contribution in [1.82, 2.24) is 5.32 Å². The normalized spacial score (nSPS) is 19.9. The number of hydrogen-bond donors (Lipinski definition) is 1. The molecule has 1 nitrogen and oxygen atoms in total. The van der Waals surface area contributed by atoms with E-state index in [0.29, 0.717) is 6.04 Å². The second kappa shape index (κ2) is 5.57. The molecule has 15 heavy (non-hydrogen) atoms. The molecule has 1 aliphatic heterocycles. The highest BCUT2D eigenvalue weighted by Crippen LogP contribution is 2.35. The lowest BCUT2D eigenvalue weighted by Gasteiger charge is -2.25. The Labute approximate surface area is 96.7 Å². The Kier molecular flexibility index (Phi) is 4.09. The number of unbranched alkanes of at least 4 members (excludes halogenated alkanes) is 1. The molecule has 0 amide bonds. The van der Waals surface area contributed by atoms with Crippen molar-refractivity contribution >= 4 is 11.8 Å². The first-order chi connectivity index (χ1) is 7.42. The summed E-state index contributed by atoms with van der Waals surface area (Å²) >= 11 is 1.99. The second-order valence-electron chi connectivity index (χ2n) is 4.04. The summed E-state index contributed by atoms with van der Waals surface area (Å²) in [7, 11) is 0. The largest absolute Gasteiger partial charge is 0.310 e. The van der Waals surface area contributed by atoms with Crippen LogP contribution in [0.2, 0.25) is 0 Å². The average Bonchev–Trinajstić information content (AvgIpc) is 2.30. The molecule has 82 valence electrons. The van der Waals surface area contributed by atoms with Gasteiger partial charge in [-0.05, 0) is 36.8 Å². The van der Waals surface area contributed by atoms with E-state index >= 15 is 0 Å². The Balaban J connectivity index is 2.02. The van der Waals surface area contributed by atoms with Crippen molar-refractivity contribution < 1.29 is 0 Å². The molecule has 2 heteroatoms. The molecule has 0 radical (unpaired) electrons. The quantitative estimate of drug-likeness (QED) is 0.779. The van der Waals surface area contributed by atoms with Crippen LogP contribution in [0.5, 0.6) is 0 Å². The molecule has 1 aromatic rings. The van der Waals surface area contributed by atoms with Gasteiger partial charge in [0.05, 0.1) is 0 Å². The molecule has 0 aromatic heterocycles. The lowest BCUT2D eigenvalue weighted by molar-refractivity contribution is 0.500. The smallest absolute Gasteiger partial charge is 0.0339 e. The van der Waals surface area contributed by atoms with Gasteiger partial charge in [0.1, 0.15) is 0 Å². The third kappa shape index (κ3) is 2.76. The van der Waals surface area contributed by atoms with Gasteiger partial charge in [0.15, 0.2) is 0 Å². The number of benzene rings is 1. The van der Waals surface area contributed by atoms with Crippen LogP contribution in [0.3, 0.4) is 0 Å². The molecular formula is C13H19NS. The van der Waals surface area contributed by atoms with Crippen LogP contribution in [-0.4, -0.2) is 12.3 Å². The van der Waals surface area contributed by atoms with Gasteiger partial charge in [-0.3, -0.25) is 0 Å². The molecule has 0 saturated carbocycles. The van der Waals surface area contributed by atoms with Gasteiger partial charge in [-0.1, -0.05) is 31.5 Å². The summed E-state index contributed by atoms with van der Waals surface area (Å²) < 4.78 is 0. The van der Waals surface area contributed by atoms with Gasteiger partial charge in [-0.15, -0.1) is 11.8 Å². The molecule has 1 atom stereocenters. The molecule has 1 heterocycles. The Hall–Kier alpha value is -0.470. The first-order valence-electron chi connectivity index (χ1n) is 5.87.